The summed E-state index contributed by atoms with van der Waals surface area (Å²) in [5.74, 6) is -0.915. The first kappa shape index (κ1) is 24.6. The second kappa shape index (κ2) is 9.87. The first-order chi connectivity index (χ1) is 15.0. The summed E-state index contributed by atoms with van der Waals surface area (Å²) in [4.78, 5) is 11.6. The van der Waals surface area contributed by atoms with Crippen LogP contribution < -0.4 is 10.0 Å². The zero-order chi connectivity index (χ0) is 23.6. The molecule has 0 aromatic heterocycles. The Bertz CT molecular complexity index is 1280. The second-order valence-corrected chi connectivity index (χ2v) is 10.2. The normalized spacial score (nSPS) is 12.4. The van der Waals surface area contributed by atoms with Gasteiger partial charge in [-0.1, -0.05) is 64.6 Å². The number of anilines is 1. The number of hydrogen-bond donors (Lipinski definition) is 2. The van der Waals surface area contributed by atoms with Gasteiger partial charge in [-0.05, 0) is 42.5 Å². The molecular formula is C21H16Cl4N2O4S. The molecule has 0 fully saturated rings. The lowest BCUT2D eigenvalue weighted by atomic mass is 9.99. The van der Waals surface area contributed by atoms with Crippen molar-refractivity contribution in [3.63, 3.8) is 0 Å². The third kappa shape index (κ3) is 5.14. The van der Waals surface area contributed by atoms with E-state index >= 15 is 0 Å². The number of hydrogen-bond acceptors (Lipinski definition) is 4. The number of aliphatic hydroxyl groups is 1. The van der Waals surface area contributed by atoms with Crippen molar-refractivity contribution in [2.75, 3.05) is 10.8 Å². The Kier molecular flexibility index (Phi) is 7.60. The number of nitrogens with zero attached hydrogens (tertiary/aromatic N) is 1. The Morgan fingerprint density at radius 3 is 2.22 bits per heavy atom. The maximum absolute atomic E-state index is 13.5. The van der Waals surface area contributed by atoms with E-state index in [9.17, 15) is 18.3 Å². The number of carbonyl (C=O) groups excluding carboxylic acids is 1. The molecule has 0 aliphatic rings. The van der Waals surface area contributed by atoms with Gasteiger partial charge in [-0.15, -0.1) is 0 Å². The number of rotatable bonds is 7. The van der Waals surface area contributed by atoms with Crippen molar-refractivity contribution in [1.82, 2.24) is 0 Å². The van der Waals surface area contributed by atoms with Crippen LogP contribution in [0.25, 0.3) is 0 Å². The topological polar surface area (TPSA) is 101 Å². The summed E-state index contributed by atoms with van der Waals surface area (Å²) in [6.07, 6.45) is -1.35. The summed E-state index contributed by atoms with van der Waals surface area (Å²) in [5.41, 5.74) is 5.77. The maximum Gasteiger partial charge on any atom is 0.264 e. The largest absolute Gasteiger partial charge is 0.384 e. The van der Waals surface area contributed by atoms with Crippen LogP contribution in [0.3, 0.4) is 0 Å². The fourth-order valence-electron chi connectivity index (χ4n) is 3.04. The maximum atomic E-state index is 13.5. The Morgan fingerprint density at radius 1 is 0.906 bits per heavy atom. The minimum atomic E-state index is -4.35. The van der Waals surface area contributed by atoms with Crippen molar-refractivity contribution in [3.05, 3.63) is 91.9 Å². The fraction of sp³-hybridized carbons (Fsp3) is 0.0952. The summed E-state index contributed by atoms with van der Waals surface area (Å²) >= 11 is 24.3. The molecule has 0 spiro atoms. The van der Waals surface area contributed by atoms with Crippen LogP contribution in [0, 0.1) is 0 Å². The van der Waals surface area contributed by atoms with E-state index in [4.69, 9.17) is 52.1 Å². The Balaban J connectivity index is 2.22. The number of benzene rings is 3. The lowest BCUT2D eigenvalue weighted by Crippen LogP contribution is -2.39. The fourth-order valence-corrected chi connectivity index (χ4v) is 5.31. The van der Waals surface area contributed by atoms with E-state index in [0.717, 1.165) is 10.4 Å². The van der Waals surface area contributed by atoms with Gasteiger partial charge in [-0.3, -0.25) is 9.10 Å². The molecule has 11 heteroatoms. The van der Waals surface area contributed by atoms with Gasteiger partial charge in [0, 0.05) is 21.2 Å². The van der Waals surface area contributed by atoms with E-state index in [1.807, 2.05) is 0 Å². The van der Waals surface area contributed by atoms with Crippen LogP contribution in [0.15, 0.2) is 65.6 Å². The van der Waals surface area contributed by atoms with Crippen molar-refractivity contribution in [2.45, 2.75) is 11.0 Å². The highest BCUT2D eigenvalue weighted by molar-refractivity contribution is 7.92. The van der Waals surface area contributed by atoms with Gasteiger partial charge in [0.2, 0.25) is 5.91 Å². The van der Waals surface area contributed by atoms with Crippen molar-refractivity contribution in [1.29, 1.82) is 0 Å². The first-order valence-corrected chi connectivity index (χ1v) is 12.0. The summed E-state index contributed by atoms with van der Waals surface area (Å²) < 4.78 is 27.7. The van der Waals surface area contributed by atoms with Gasteiger partial charge in [0.15, 0.2) is 0 Å². The van der Waals surface area contributed by atoms with Crippen LogP contribution in [-0.2, 0) is 14.8 Å². The molecule has 3 rings (SSSR count). The van der Waals surface area contributed by atoms with Gasteiger partial charge >= 0.3 is 0 Å². The van der Waals surface area contributed by atoms with E-state index in [-0.39, 0.29) is 36.2 Å². The van der Waals surface area contributed by atoms with Gasteiger partial charge in [0.25, 0.3) is 10.0 Å². The molecule has 32 heavy (non-hydrogen) atoms. The highest BCUT2D eigenvalue weighted by Gasteiger charge is 2.31. The minimum Gasteiger partial charge on any atom is -0.384 e. The summed E-state index contributed by atoms with van der Waals surface area (Å²) in [5, 5.41) is 11.7. The zero-order valence-electron chi connectivity index (χ0n) is 16.2. The molecule has 0 bridgehead atoms. The highest BCUT2D eigenvalue weighted by Crippen LogP contribution is 2.38. The van der Waals surface area contributed by atoms with Crippen LogP contribution in [0.2, 0.25) is 20.1 Å². The van der Waals surface area contributed by atoms with Gasteiger partial charge in [0.05, 0.1) is 20.6 Å². The summed E-state index contributed by atoms with van der Waals surface area (Å²) in [6.45, 7) is -0.702. The van der Waals surface area contributed by atoms with E-state index < -0.39 is 28.6 Å². The predicted octanol–water partition coefficient (Wildman–Crippen LogP) is 5.06. The third-order valence-corrected chi connectivity index (χ3v) is 7.61. The molecule has 0 aliphatic heterocycles. The zero-order valence-corrected chi connectivity index (χ0v) is 20.0. The summed E-state index contributed by atoms with van der Waals surface area (Å²) in [7, 11) is -4.35. The molecule has 6 nitrogen and oxygen atoms in total. The summed E-state index contributed by atoms with van der Waals surface area (Å²) in [6, 6.07) is 14.4. The van der Waals surface area contributed by atoms with E-state index in [0.29, 0.717) is 5.56 Å². The molecule has 1 atom stereocenters. The van der Waals surface area contributed by atoms with Crippen molar-refractivity contribution in [3.8, 4) is 0 Å². The van der Waals surface area contributed by atoms with Crippen LogP contribution in [-0.4, -0.2) is 26.0 Å². The number of carbonyl (C=O) groups is 1. The molecule has 1 unspecified atom stereocenters. The molecule has 0 saturated carbocycles. The second-order valence-electron chi connectivity index (χ2n) is 6.68. The molecule has 0 saturated heterocycles. The van der Waals surface area contributed by atoms with Gasteiger partial charge < -0.3 is 10.8 Å². The van der Waals surface area contributed by atoms with E-state index in [2.05, 4.69) is 0 Å². The van der Waals surface area contributed by atoms with Crippen LogP contribution >= 0.6 is 46.4 Å². The smallest absolute Gasteiger partial charge is 0.264 e. The standard InChI is InChI=1S/C21H16Cl4N2O4S/c22-12-5-8-19(15(9-12)21(29)14-3-1-2-4-16(14)23)27(11-20(26)28)32(30,31)13-6-7-17(24)18(25)10-13/h1-10,21,29H,11H2,(H2,26,28). The average Bonchev–Trinajstić information content (AvgIpc) is 2.73. The van der Waals surface area contributed by atoms with Crippen LogP contribution in [0.4, 0.5) is 5.69 Å². The SMILES string of the molecule is NC(=O)CN(c1ccc(Cl)cc1C(O)c1ccccc1Cl)S(=O)(=O)c1ccc(Cl)c(Cl)c1. The van der Waals surface area contributed by atoms with Gasteiger partial charge in [-0.2, -0.15) is 0 Å². The lowest BCUT2D eigenvalue weighted by molar-refractivity contribution is -0.116. The Morgan fingerprint density at radius 2 is 1.59 bits per heavy atom. The van der Waals surface area contributed by atoms with Gasteiger partial charge in [0.1, 0.15) is 12.6 Å². The van der Waals surface area contributed by atoms with Crippen molar-refractivity contribution in [2.24, 2.45) is 5.73 Å². The number of amides is 1. The lowest BCUT2D eigenvalue weighted by Gasteiger charge is -2.27. The minimum absolute atomic E-state index is 0.00769. The van der Waals surface area contributed by atoms with Crippen molar-refractivity contribution < 1.29 is 18.3 Å². The van der Waals surface area contributed by atoms with E-state index in [1.165, 1.54) is 30.3 Å². The molecule has 1 amide bonds. The molecule has 0 heterocycles. The molecule has 3 aromatic rings. The number of primary amides is 1. The predicted molar refractivity (Wildman–Crippen MR) is 127 cm³/mol. The molecular weight excluding hydrogens is 518 g/mol. The van der Waals surface area contributed by atoms with Crippen molar-refractivity contribution >= 4 is 68.0 Å². The number of nitrogens with two attached hydrogens (primary N) is 1. The highest BCUT2D eigenvalue weighted by atomic mass is 35.5. The van der Waals surface area contributed by atoms with Gasteiger partial charge in [-0.25, -0.2) is 8.42 Å². The molecule has 3 N–H and O–H groups in total. The first-order valence-electron chi connectivity index (χ1n) is 9.00. The number of halogens is 4. The Hall–Kier alpha value is -2.00. The molecule has 3 aromatic carbocycles. The number of aliphatic hydroxyl groups excluding tert-OH is 1. The monoisotopic (exact) mass is 532 g/mol. The van der Waals surface area contributed by atoms with Crippen LogP contribution in [0.1, 0.15) is 17.2 Å². The molecule has 0 aliphatic carbocycles. The molecule has 168 valence electrons. The van der Waals surface area contributed by atoms with E-state index in [1.54, 1.807) is 24.3 Å². The third-order valence-electron chi connectivity index (χ3n) is 4.53. The van der Waals surface area contributed by atoms with Crippen LogP contribution in [0.5, 0.6) is 0 Å². The Labute approximate surface area is 205 Å². The average molecular weight is 534 g/mol. The quantitative estimate of drug-likeness (QED) is 0.443. The molecule has 0 radical (unpaired) electrons. The number of sulfonamides is 1.